The summed E-state index contributed by atoms with van der Waals surface area (Å²) in [5.74, 6) is 0.0406. The maximum absolute atomic E-state index is 13.3. The highest BCUT2D eigenvalue weighted by molar-refractivity contribution is 6.30. The number of nitrogens with one attached hydrogen (secondary N) is 1. The Balaban J connectivity index is 2.02. The van der Waals surface area contributed by atoms with Crippen molar-refractivity contribution in [2.75, 3.05) is 13.2 Å². The highest BCUT2D eigenvalue weighted by Gasteiger charge is 2.28. The highest BCUT2D eigenvalue weighted by Crippen LogP contribution is 2.17. The van der Waals surface area contributed by atoms with Gasteiger partial charge < -0.3 is 15.0 Å². The molecule has 5 nitrogen and oxygen atoms in total. The summed E-state index contributed by atoms with van der Waals surface area (Å²) in [5.41, 5.74) is 0.772. The van der Waals surface area contributed by atoms with Crippen molar-refractivity contribution >= 4 is 23.4 Å². The molecule has 0 aliphatic carbocycles. The second kappa shape index (κ2) is 13.0. The van der Waals surface area contributed by atoms with Crippen LogP contribution < -0.4 is 10.1 Å². The molecule has 2 amide bonds. The summed E-state index contributed by atoms with van der Waals surface area (Å²) >= 11 is 5.87. The average Bonchev–Trinajstić information content (AvgIpc) is 2.77. The molecule has 7 heteroatoms. The van der Waals surface area contributed by atoms with E-state index in [1.54, 1.807) is 41.3 Å². The third-order valence-corrected chi connectivity index (χ3v) is 5.07. The minimum Gasteiger partial charge on any atom is -0.494 e. The predicted molar refractivity (Wildman–Crippen MR) is 121 cm³/mol. The normalized spacial score (nSPS) is 11.6. The fourth-order valence-corrected chi connectivity index (χ4v) is 3.29. The second-order valence-corrected chi connectivity index (χ2v) is 7.71. The third-order valence-electron chi connectivity index (χ3n) is 4.82. The van der Waals surface area contributed by atoms with Crippen molar-refractivity contribution in [2.24, 2.45) is 0 Å². The van der Waals surface area contributed by atoms with Crippen LogP contribution in [-0.2, 0) is 16.1 Å². The molecule has 2 aromatic rings. The number of ether oxygens (including phenoxy) is 1. The Labute approximate surface area is 188 Å². The number of hydrogen-bond donors (Lipinski definition) is 1. The van der Waals surface area contributed by atoms with E-state index in [0.717, 1.165) is 12.0 Å². The van der Waals surface area contributed by atoms with Crippen molar-refractivity contribution in [1.29, 1.82) is 0 Å². The lowest BCUT2D eigenvalue weighted by molar-refractivity contribution is -0.141. The number of halogens is 2. The van der Waals surface area contributed by atoms with Crippen LogP contribution >= 0.6 is 11.6 Å². The molecule has 0 saturated carbocycles. The van der Waals surface area contributed by atoms with Crippen LogP contribution in [0.2, 0.25) is 5.02 Å². The molecule has 0 unspecified atom stereocenters. The van der Waals surface area contributed by atoms with Gasteiger partial charge in [-0.05, 0) is 61.2 Å². The van der Waals surface area contributed by atoms with Gasteiger partial charge in [0.1, 0.15) is 17.6 Å². The number of amides is 2. The molecule has 0 spiro atoms. The van der Waals surface area contributed by atoms with Crippen LogP contribution in [0.4, 0.5) is 4.39 Å². The molecule has 31 heavy (non-hydrogen) atoms. The minimum absolute atomic E-state index is 0.137. The van der Waals surface area contributed by atoms with Crippen LogP contribution in [0, 0.1) is 5.82 Å². The molecule has 1 N–H and O–H groups in total. The molecule has 1 atom stereocenters. The zero-order valence-electron chi connectivity index (χ0n) is 18.1. The molecule has 0 aliphatic rings. The van der Waals surface area contributed by atoms with Crippen molar-refractivity contribution in [2.45, 2.75) is 52.1 Å². The first kappa shape index (κ1) is 24.7. The molecule has 0 bridgehead atoms. The van der Waals surface area contributed by atoms with E-state index in [1.807, 2.05) is 13.8 Å². The van der Waals surface area contributed by atoms with E-state index in [-0.39, 0.29) is 30.6 Å². The fraction of sp³-hybridized carbons (Fsp3) is 0.417. The van der Waals surface area contributed by atoms with Gasteiger partial charge in [0, 0.05) is 24.5 Å². The van der Waals surface area contributed by atoms with Crippen molar-refractivity contribution in [3.8, 4) is 5.75 Å². The summed E-state index contributed by atoms with van der Waals surface area (Å²) in [6.45, 7) is 5.03. The summed E-state index contributed by atoms with van der Waals surface area (Å²) in [5, 5.41) is 3.51. The third kappa shape index (κ3) is 8.21. The molecule has 0 aromatic heterocycles. The van der Waals surface area contributed by atoms with Crippen LogP contribution in [0.3, 0.4) is 0 Å². The van der Waals surface area contributed by atoms with Gasteiger partial charge in [-0.2, -0.15) is 0 Å². The lowest BCUT2D eigenvalue weighted by atomic mass is 10.1. The summed E-state index contributed by atoms with van der Waals surface area (Å²) in [7, 11) is 0. The zero-order valence-corrected chi connectivity index (χ0v) is 18.8. The average molecular weight is 449 g/mol. The molecular formula is C24H30ClFN2O3. The summed E-state index contributed by atoms with van der Waals surface area (Å²) in [4.78, 5) is 27.3. The molecule has 0 fully saturated rings. The summed E-state index contributed by atoms with van der Waals surface area (Å²) in [6.07, 6.45) is 2.06. The Morgan fingerprint density at radius 1 is 1.10 bits per heavy atom. The maximum atomic E-state index is 13.3. The molecule has 0 radical (unpaired) electrons. The molecule has 168 valence electrons. The fourth-order valence-electron chi connectivity index (χ4n) is 3.16. The van der Waals surface area contributed by atoms with Gasteiger partial charge in [0.15, 0.2) is 0 Å². The summed E-state index contributed by atoms with van der Waals surface area (Å²) in [6, 6.07) is 12.4. The molecule has 0 aliphatic heterocycles. The van der Waals surface area contributed by atoms with Gasteiger partial charge in [0.2, 0.25) is 11.8 Å². The van der Waals surface area contributed by atoms with Gasteiger partial charge in [0.25, 0.3) is 0 Å². The molecule has 2 rings (SSSR count). The lowest BCUT2D eigenvalue weighted by Gasteiger charge is -2.30. The number of carbonyl (C=O) groups excluding carboxylic acids is 2. The highest BCUT2D eigenvalue weighted by atomic mass is 35.5. The first-order valence-electron chi connectivity index (χ1n) is 10.6. The van der Waals surface area contributed by atoms with E-state index < -0.39 is 6.04 Å². The second-order valence-electron chi connectivity index (χ2n) is 7.27. The molecule has 2 aromatic carbocycles. The standard InChI is InChI=1S/C24H30ClFN2O3/c1-3-15-27-24(30)22(4-2)28(17-18-7-11-20(26)12-8-18)23(29)6-5-16-31-21-13-9-19(25)10-14-21/h7-14,22H,3-6,15-17H2,1-2H3,(H,27,30)/t22-/m0/s1. The number of nitrogens with zero attached hydrogens (tertiary/aromatic N) is 1. The smallest absolute Gasteiger partial charge is 0.242 e. The minimum atomic E-state index is -0.582. The SMILES string of the molecule is CCCNC(=O)[C@H](CC)N(Cc1ccc(F)cc1)C(=O)CCCOc1ccc(Cl)cc1. The van der Waals surface area contributed by atoms with E-state index in [4.69, 9.17) is 16.3 Å². The Morgan fingerprint density at radius 3 is 2.39 bits per heavy atom. The van der Waals surface area contributed by atoms with Crippen molar-refractivity contribution in [3.05, 3.63) is 64.9 Å². The van der Waals surface area contributed by atoms with E-state index in [9.17, 15) is 14.0 Å². The maximum Gasteiger partial charge on any atom is 0.242 e. The van der Waals surface area contributed by atoms with Gasteiger partial charge in [-0.25, -0.2) is 4.39 Å². The molecule has 0 saturated heterocycles. The van der Waals surface area contributed by atoms with E-state index in [1.165, 1.54) is 12.1 Å². The first-order valence-corrected chi connectivity index (χ1v) is 11.0. The van der Waals surface area contributed by atoms with Crippen LogP contribution in [0.15, 0.2) is 48.5 Å². The number of rotatable bonds is 12. The van der Waals surface area contributed by atoms with Gasteiger partial charge >= 0.3 is 0 Å². The van der Waals surface area contributed by atoms with Crippen molar-refractivity contribution in [3.63, 3.8) is 0 Å². The number of hydrogen-bond acceptors (Lipinski definition) is 3. The van der Waals surface area contributed by atoms with E-state index in [2.05, 4.69) is 5.32 Å². The zero-order chi connectivity index (χ0) is 22.6. The van der Waals surface area contributed by atoms with Crippen molar-refractivity contribution < 1.29 is 18.7 Å². The van der Waals surface area contributed by atoms with Gasteiger partial charge in [-0.3, -0.25) is 9.59 Å². The Morgan fingerprint density at radius 2 is 1.77 bits per heavy atom. The number of carbonyl (C=O) groups is 2. The largest absolute Gasteiger partial charge is 0.494 e. The summed E-state index contributed by atoms with van der Waals surface area (Å²) < 4.78 is 18.9. The topological polar surface area (TPSA) is 58.6 Å². The van der Waals surface area contributed by atoms with E-state index in [0.29, 0.717) is 36.8 Å². The number of benzene rings is 2. The van der Waals surface area contributed by atoms with Gasteiger partial charge in [-0.1, -0.05) is 37.6 Å². The van der Waals surface area contributed by atoms with Crippen LogP contribution in [0.5, 0.6) is 5.75 Å². The monoisotopic (exact) mass is 448 g/mol. The molecular weight excluding hydrogens is 419 g/mol. The Hall–Kier alpha value is -2.60. The van der Waals surface area contributed by atoms with Crippen LogP contribution in [-0.4, -0.2) is 35.9 Å². The first-order chi connectivity index (χ1) is 14.9. The Bertz CT molecular complexity index is 828. The van der Waals surface area contributed by atoms with E-state index >= 15 is 0 Å². The van der Waals surface area contributed by atoms with Crippen molar-refractivity contribution in [1.82, 2.24) is 10.2 Å². The predicted octanol–water partition coefficient (Wildman–Crippen LogP) is 4.97. The van der Waals surface area contributed by atoms with Gasteiger partial charge in [-0.15, -0.1) is 0 Å². The van der Waals surface area contributed by atoms with Crippen LogP contribution in [0.25, 0.3) is 0 Å². The van der Waals surface area contributed by atoms with Crippen LogP contribution in [0.1, 0.15) is 45.1 Å². The molecule has 0 heterocycles. The Kier molecular flexibility index (Phi) is 10.3. The lowest BCUT2D eigenvalue weighted by Crippen LogP contribution is -2.49. The quantitative estimate of drug-likeness (QED) is 0.466. The van der Waals surface area contributed by atoms with Gasteiger partial charge in [0.05, 0.1) is 6.61 Å².